The Morgan fingerprint density at radius 2 is 1.64 bits per heavy atom. The van der Waals surface area contributed by atoms with Crippen molar-refractivity contribution in [2.75, 3.05) is 5.32 Å². The SMILES string of the molecule is Cc1ccc(CC(=O)Nc2ccc(C(O)(C(F)(F)F)C(F)(F)F)c(C)c2)nc1. The molecular weight excluding hydrogens is 390 g/mol. The largest absolute Gasteiger partial charge is 0.430 e. The second kappa shape index (κ2) is 7.42. The van der Waals surface area contributed by atoms with Crippen LogP contribution in [0.5, 0.6) is 0 Å². The molecule has 0 bridgehead atoms. The first-order valence-electron chi connectivity index (χ1n) is 7.94. The van der Waals surface area contributed by atoms with E-state index in [4.69, 9.17) is 0 Å². The fourth-order valence-corrected chi connectivity index (χ4v) is 2.59. The fraction of sp³-hybridized carbons (Fsp3) is 0.333. The number of amides is 1. The van der Waals surface area contributed by atoms with Crippen molar-refractivity contribution in [2.24, 2.45) is 0 Å². The first-order chi connectivity index (χ1) is 12.8. The summed E-state index contributed by atoms with van der Waals surface area (Å²) in [4.78, 5) is 16.1. The number of aryl methyl sites for hydroxylation is 2. The van der Waals surface area contributed by atoms with E-state index in [1.807, 2.05) is 6.92 Å². The van der Waals surface area contributed by atoms with Crippen LogP contribution in [0.1, 0.15) is 22.4 Å². The number of rotatable bonds is 4. The molecule has 2 rings (SSSR count). The first kappa shape index (κ1) is 21.7. The van der Waals surface area contributed by atoms with Gasteiger partial charge in [0.05, 0.1) is 6.42 Å². The third-order valence-corrected chi connectivity index (χ3v) is 4.03. The Morgan fingerprint density at radius 3 is 2.11 bits per heavy atom. The standard InChI is InChI=1S/C18H16F6N2O2/c1-10-3-4-12(25-9-10)8-15(27)26-13-5-6-14(11(2)7-13)16(28,17(19,20)21)18(22,23)24/h3-7,9,28H,8H2,1-2H3,(H,26,27). The smallest absolute Gasteiger partial charge is 0.369 e. The molecule has 1 aromatic heterocycles. The van der Waals surface area contributed by atoms with E-state index >= 15 is 0 Å². The molecule has 0 fully saturated rings. The summed E-state index contributed by atoms with van der Waals surface area (Å²) in [6.45, 7) is 2.79. The molecule has 0 radical (unpaired) electrons. The Kier molecular flexibility index (Phi) is 5.74. The van der Waals surface area contributed by atoms with Crippen LogP contribution in [-0.2, 0) is 16.8 Å². The van der Waals surface area contributed by atoms with E-state index in [0.717, 1.165) is 24.6 Å². The topological polar surface area (TPSA) is 62.2 Å². The molecule has 0 aliphatic carbocycles. The van der Waals surface area contributed by atoms with Crippen molar-refractivity contribution in [3.8, 4) is 0 Å². The summed E-state index contributed by atoms with van der Waals surface area (Å²) in [7, 11) is 0. The third-order valence-electron chi connectivity index (χ3n) is 4.03. The van der Waals surface area contributed by atoms with Gasteiger partial charge in [-0.2, -0.15) is 26.3 Å². The second-order valence-electron chi connectivity index (χ2n) is 6.29. The minimum atomic E-state index is -5.97. The van der Waals surface area contributed by atoms with E-state index in [1.54, 1.807) is 18.3 Å². The molecule has 0 saturated carbocycles. The number of aromatic nitrogens is 1. The molecule has 1 amide bonds. The van der Waals surface area contributed by atoms with E-state index in [1.165, 1.54) is 0 Å². The van der Waals surface area contributed by atoms with Crippen molar-refractivity contribution in [3.63, 3.8) is 0 Å². The number of nitrogens with zero attached hydrogens (tertiary/aromatic N) is 1. The van der Waals surface area contributed by atoms with Gasteiger partial charge in [0, 0.05) is 23.1 Å². The Hall–Kier alpha value is -2.62. The number of halogens is 6. The lowest BCUT2D eigenvalue weighted by Gasteiger charge is -2.33. The Labute approximate surface area is 156 Å². The number of benzene rings is 1. The van der Waals surface area contributed by atoms with Crippen molar-refractivity contribution >= 4 is 11.6 Å². The van der Waals surface area contributed by atoms with Crippen molar-refractivity contribution in [1.82, 2.24) is 4.98 Å². The molecular formula is C18H16F6N2O2. The number of nitrogens with one attached hydrogen (secondary N) is 1. The van der Waals surface area contributed by atoms with Gasteiger partial charge in [-0.25, -0.2) is 0 Å². The van der Waals surface area contributed by atoms with E-state index in [-0.39, 0.29) is 12.1 Å². The third kappa shape index (κ3) is 4.27. The van der Waals surface area contributed by atoms with Gasteiger partial charge < -0.3 is 10.4 Å². The lowest BCUT2D eigenvalue weighted by Crippen LogP contribution is -2.54. The van der Waals surface area contributed by atoms with E-state index < -0.39 is 35.0 Å². The number of alkyl halides is 6. The molecule has 1 heterocycles. The van der Waals surface area contributed by atoms with Crippen LogP contribution < -0.4 is 5.32 Å². The average Bonchev–Trinajstić information content (AvgIpc) is 2.54. The highest BCUT2D eigenvalue weighted by Crippen LogP contribution is 2.51. The Bertz CT molecular complexity index is 846. The maximum atomic E-state index is 13.0. The lowest BCUT2D eigenvalue weighted by atomic mass is 9.88. The molecule has 152 valence electrons. The molecule has 0 unspecified atom stereocenters. The van der Waals surface area contributed by atoms with Crippen LogP contribution in [0, 0.1) is 13.8 Å². The average molecular weight is 406 g/mol. The quantitative estimate of drug-likeness (QED) is 0.749. The highest BCUT2D eigenvalue weighted by molar-refractivity contribution is 5.92. The summed E-state index contributed by atoms with van der Waals surface area (Å²) < 4.78 is 78.0. The van der Waals surface area contributed by atoms with Gasteiger partial charge in [0.15, 0.2) is 0 Å². The van der Waals surface area contributed by atoms with Crippen molar-refractivity contribution < 1.29 is 36.2 Å². The first-order valence-corrected chi connectivity index (χ1v) is 7.94. The second-order valence-corrected chi connectivity index (χ2v) is 6.29. The van der Waals surface area contributed by atoms with Gasteiger partial charge in [-0.1, -0.05) is 12.1 Å². The summed E-state index contributed by atoms with van der Waals surface area (Å²) >= 11 is 0. The van der Waals surface area contributed by atoms with E-state index in [9.17, 15) is 36.2 Å². The maximum Gasteiger partial charge on any atom is 0.430 e. The Morgan fingerprint density at radius 1 is 1.04 bits per heavy atom. The van der Waals surface area contributed by atoms with Gasteiger partial charge in [-0.05, 0) is 43.2 Å². The number of anilines is 1. The molecule has 10 heteroatoms. The summed E-state index contributed by atoms with van der Waals surface area (Å²) in [6.07, 6.45) is -10.5. The van der Waals surface area contributed by atoms with E-state index in [0.29, 0.717) is 11.8 Å². The number of hydrogen-bond donors (Lipinski definition) is 2. The number of aliphatic hydroxyl groups is 1. The monoisotopic (exact) mass is 406 g/mol. The van der Waals surface area contributed by atoms with Crippen molar-refractivity contribution in [2.45, 2.75) is 38.2 Å². The summed E-state index contributed by atoms with van der Waals surface area (Å²) in [5, 5.41) is 11.9. The van der Waals surface area contributed by atoms with Crippen LogP contribution in [0.15, 0.2) is 36.5 Å². The minimum Gasteiger partial charge on any atom is -0.369 e. The van der Waals surface area contributed by atoms with Crippen LogP contribution in [0.25, 0.3) is 0 Å². The van der Waals surface area contributed by atoms with Crippen LogP contribution in [-0.4, -0.2) is 28.4 Å². The minimum absolute atomic E-state index is 0.00920. The molecule has 0 saturated heterocycles. The van der Waals surface area contributed by atoms with Crippen LogP contribution in [0.2, 0.25) is 0 Å². The molecule has 4 nitrogen and oxygen atoms in total. The number of hydrogen-bond acceptors (Lipinski definition) is 3. The van der Waals surface area contributed by atoms with Gasteiger partial charge >= 0.3 is 12.4 Å². The molecule has 0 aliphatic rings. The molecule has 28 heavy (non-hydrogen) atoms. The predicted octanol–water partition coefficient (Wildman–Crippen LogP) is 4.19. The van der Waals surface area contributed by atoms with Gasteiger partial charge in [0.2, 0.25) is 5.91 Å². The van der Waals surface area contributed by atoms with Crippen LogP contribution >= 0.6 is 0 Å². The summed E-state index contributed by atoms with van der Waals surface area (Å²) in [5.74, 6) is -0.551. The number of carbonyl (C=O) groups is 1. The van der Waals surface area contributed by atoms with E-state index in [2.05, 4.69) is 10.3 Å². The van der Waals surface area contributed by atoms with Crippen LogP contribution in [0.3, 0.4) is 0 Å². The maximum absolute atomic E-state index is 13.0. The Balaban J connectivity index is 2.26. The summed E-state index contributed by atoms with van der Waals surface area (Å²) in [5.41, 5.74) is -5.53. The lowest BCUT2D eigenvalue weighted by molar-refractivity contribution is -0.376. The zero-order chi connectivity index (χ0) is 21.3. The molecule has 2 aromatic rings. The zero-order valence-corrected chi connectivity index (χ0v) is 14.7. The van der Waals surface area contributed by atoms with Crippen LogP contribution in [0.4, 0.5) is 32.0 Å². The highest BCUT2D eigenvalue weighted by Gasteiger charge is 2.71. The predicted molar refractivity (Wildman–Crippen MR) is 88.5 cm³/mol. The number of carbonyl (C=O) groups excluding carboxylic acids is 1. The summed E-state index contributed by atoms with van der Waals surface area (Å²) in [6, 6.07) is 5.65. The molecule has 1 aromatic carbocycles. The zero-order valence-electron chi connectivity index (χ0n) is 14.7. The van der Waals surface area contributed by atoms with Crippen molar-refractivity contribution in [3.05, 3.63) is 58.9 Å². The molecule has 2 N–H and O–H groups in total. The number of pyridine rings is 1. The fourth-order valence-electron chi connectivity index (χ4n) is 2.59. The van der Waals surface area contributed by atoms with Gasteiger partial charge in [0.25, 0.3) is 5.60 Å². The molecule has 0 aliphatic heterocycles. The molecule has 0 atom stereocenters. The van der Waals surface area contributed by atoms with Crippen molar-refractivity contribution in [1.29, 1.82) is 0 Å². The van der Waals surface area contributed by atoms with Gasteiger partial charge in [0.1, 0.15) is 0 Å². The molecule has 0 spiro atoms. The van der Waals surface area contributed by atoms with Gasteiger partial charge in [-0.3, -0.25) is 9.78 Å². The van der Waals surface area contributed by atoms with Gasteiger partial charge in [-0.15, -0.1) is 0 Å². The highest BCUT2D eigenvalue weighted by atomic mass is 19.4. The normalized spacial score (nSPS) is 12.8.